The van der Waals surface area contributed by atoms with Crippen molar-refractivity contribution in [3.05, 3.63) is 0 Å². The lowest BCUT2D eigenvalue weighted by Crippen LogP contribution is -2.57. The van der Waals surface area contributed by atoms with E-state index in [-0.39, 0.29) is 5.97 Å². The molecule has 0 bridgehead atoms. The Kier molecular flexibility index (Phi) is 8.62. The van der Waals surface area contributed by atoms with Gasteiger partial charge in [-0.2, -0.15) is 26.3 Å². The number of cyclic esters (lactones) is 1. The largest absolute Gasteiger partial charge is 0.490 e. The van der Waals surface area contributed by atoms with Crippen molar-refractivity contribution in [1.29, 1.82) is 0 Å². The molecule has 14 heteroatoms. The zero-order valence-corrected chi connectivity index (χ0v) is 12.4. The van der Waals surface area contributed by atoms with Gasteiger partial charge in [0.05, 0.1) is 12.6 Å². The molecule has 1 unspecified atom stereocenters. The lowest BCUT2D eigenvalue weighted by Gasteiger charge is -2.38. The molecule has 0 spiro atoms. The molecular formula is C11H14F6N2O6. The molecule has 0 amide bonds. The first-order valence-electron chi connectivity index (χ1n) is 6.45. The number of hydrogen-bond donors (Lipinski definition) is 3. The van der Waals surface area contributed by atoms with Gasteiger partial charge in [-0.25, -0.2) is 9.59 Å². The zero-order chi connectivity index (χ0) is 19.8. The van der Waals surface area contributed by atoms with Crippen molar-refractivity contribution in [3.8, 4) is 0 Å². The molecule has 1 atom stereocenters. The number of nitrogens with one attached hydrogen (secondary N) is 1. The molecule has 2 aliphatic rings. The molecule has 0 aromatic heterocycles. The van der Waals surface area contributed by atoms with E-state index < -0.39 is 24.3 Å². The van der Waals surface area contributed by atoms with Crippen LogP contribution in [0.5, 0.6) is 0 Å². The van der Waals surface area contributed by atoms with Crippen LogP contribution in [-0.4, -0.2) is 84.2 Å². The second kappa shape index (κ2) is 9.41. The lowest BCUT2D eigenvalue weighted by atomic mass is 10.2. The van der Waals surface area contributed by atoms with E-state index in [1.165, 1.54) is 0 Å². The van der Waals surface area contributed by atoms with Gasteiger partial charge >= 0.3 is 30.3 Å². The lowest BCUT2D eigenvalue weighted by molar-refractivity contribution is -0.193. The maximum atomic E-state index is 10.8. The number of morpholine rings is 1. The van der Waals surface area contributed by atoms with Gasteiger partial charge in [0.1, 0.15) is 6.61 Å². The third-order valence-electron chi connectivity index (χ3n) is 2.73. The molecule has 0 aliphatic carbocycles. The zero-order valence-electron chi connectivity index (χ0n) is 12.4. The van der Waals surface area contributed by atoms with Crippen LogP contribution in [0.25, 0.3) is 0 Å². The molecule has 2 fully saturated rings. The van der Waals surface area contributed by atoms with Crippen LogP contribution in [-0.2, 0) is 19.1 Å². The Bertz CT molecular complexity index is 457. The number of piperazine rings is 1. The van der Waals surface area contributed by atoms with Gasteiger partial charge in [-0.15, -0.1) is 0 Å². The van der Waals surface area contributed by atoms with Crippen molar-refractivity contribution in [2.24, 2.45) is 0 Å². The van der Waals surface area contributed by atoms with Gasteiger partial charge in [-0.1, -0.05) is 0 Å². The van der Waals surface area contributed by atoms with Crippen LogP contribution >= 0.6 is 0 Å². The van der Waals surface area contributed by atoms with E-state index in [0.717, 1.165) is 19.6 Å². The van der Waals surface area contributed by atoms with Crippen LogP contribution in [0.15, 0.2) is 0 Å². The number of hydrogen-bond acceptors (Lipinski definition) is 6. The van der Waals surface area contributed by atoms with Gasteiger partial charge in [0, 0.05) is 19.6 Å². The predicted octanol–water partition coefficient (Wildman–Crippen LogP) is 0.0836. The van der Waals surface area contributed by atoms with Gasteiger partial charge < -0.3 is 20.3 Å². The van der Waals surface area contributed by atoms with Gasteiger partial charge in [0.15, 0.2) is 0 Å². The number of halogens is 6. The van der Waals surface area contributed by atoms with Crippen LogP contribution in [0.4, 0.5) is 26.3 Å². The molecule has 3 N–H and O–H groups in total. The number of carboxylic acids is 2. The molecule has 2 saturated heterocycles. The normalized spacial score (nSPS) is 20.7. The Morgan fingerprint density at radius 1 is 1.08 bits per heavy atom. The summed E-state index contributed by atoms with van der Waals surface area (Å²) in [5.74, 6) is -5.59. The fourth-order valence-corrected chi connectivity index (χ4v) is 1.58. The van der Waals surface area contributed by atoms with Crippen LogP contribution in [0.1, 0.15) is 0 Å². The smallest absolute Gasteiger partial charge is 0.475 e. The van der Waals surface area contributed by atoms with Crippen LogP contribution < -0.4 is 5.32 Å². The molecule has 0 aromatic rings. The van der Waals surface area contributed by atoms with Crippen molar-refractivity contribution in [2.45, 2.75) is 18.4 Å². The summed E-state index contributed by atoms with van der Waals surface area (Å²) in [5, 5.41) is 17.5. The second-order valence-electron chi connectivity index (χ2n) is 4.62. The molecule has 146 valence electrons. The molecule has 0 aromatic carbocycles. The van der Waals surface area contributed by atoms with Crippen molar-refractivity contribution >= 4 is 17.9 Å². The monoisotopic (exact) mass is 384 g/mol. The Hall–Kier alpha value is -2.09. The van der Waals surface area contributed by atoms with E-state index in [4.69, 9.17) is 24.5 Å². The molecule has 2 aliphatic heterocycles. The second-order valence-corrected chi connectivity index (χ2v) is 4.62. The summed E-state index contributed by atoms with van der Waals surface area (Å²) in [5.41, 5.74) is 0. The number of nitrogens with zero attached hydrogens (tertiary/aromatic N) is 1. The number of carbonyl (C=O) groups is 3. The average molecular weight is 384 g/mol. The van der Waals surface area contributed by atoms with Crippen LogP contribution in [0.3, 0.4) is 0 Å². The summed E-state index contributed by atoms with van der Waals surface area (Å²) in [6.45, 7) is 3.95. The average Bonchev–Trinajstić information content (AvgIpc) is 2.46. The molecule has 25 heavy (non-hydrogen) atoms. The Morgan fingerprint density at radius 2 is 1.52 bits per heavy atom. The number of fused-ring (bicyclic) bond motifs is 1. The van der Waals surface area contributed by atoms with Gasteiger partial charge in [0.2, 0.25) is 0 Å². The number of ether oxygens (including phenoxy) is 1. The Labute approximate surface area is 136 Å². The Balaban J connectivity index is 0.000000366. The van der Waals surface area contributed by atoms with Crippen LogP contribution in [0.2, 0.25) is 0 Å². The van der Waals surface area contributed by atoms with Crippen molar-refractivity contribution in [1.82, 2.24) is 10.2 Å². The summed E-state index contributed by atoms with van der Waals surface area (Å²) in [6.07, 6.45) is -10.2. The molecular weight excluding hydrogens is 370 g/mol. The number of carbonyl (C=O) groups excluding carboxylic acids is 1. The third kappa shape index (κ3) is 9.71. The summed E-state index contributed by atoms with van der Waals surface area (Å²) in [7, 11) is 0. The first-order chi connectivity index (χ1) is 11.2. The number of aliphatic carboxylic acids is 2. The third-order valence-corrected chi connectivity index (χ3v) is 2.73. The molecule has 8 nitrogen and oxygen atoms in total. The van der Waals surface area contributed by atoms with E-state index in [0.29, 0.717) is 19.2 Å². The summed E-state index contributed by atoms with van der Waals surface area (Å²) in [6, 6.07) is 0.418. The number of carboxylic acid groups (broad SMARTS) is 2. The highest BCUT2D eigenvalue weighted by Crippen LogP contribution is 2.13. The van der Waals surface area contributed by atoms with Crippen molar-refractivity contribution in [3.63, 3.8) is 0 Å². The quantitative estimate of drug-likeness (QED) is 0.397. The standard InChI is InChI=1S/C7H12N2O2.2C2HF3O2/c10-7-4-9-2-1-8-3-6(9)5-11-7;2*3-2(4,5)1(6)7/h6,8H,1-5H2;2*(H,6,7). The summed E-state index contributed by atoms with van der Waals surface area (Å²) >= 11 is 0. The van der Waals surface area contributed by atoms with E-state index in [1.54, 1.807) is 0 Å². The minimum Gasteiger partial charge on any atom is -0.475 e. The van der Waals surface area contributed by atoms with Crippen molar-refractivity contribution < 1.29 is 55.7 Å². The number of esters is 1. The maximum Gasteiger partial charge on any atom is 0.490 e. The van der Waals surface area contributed by atoms with E-state index in [2.05, 4.69) is 10.2 Å². The summed E-state index contributed by atoms with van der Waals surface area (Å²) < 4.78 is 68.4. The Morgan fingerprint density at radius 3 is 1.92 bits per heavy atom. The van der Waals surface area contributed by atoms with Gasteiger partial charge in [-0.3, -0.25) is 9.69 Å². The minimum absolute atomic E-state index is 0.0804. The van der Waals surface area contributed by atoms with Crippen molar-refractivity contribution in [2.75, 3.05) is 32.8 Å². The van der Waals surface area contributed by atoms with E-state index in [9.17, 15) is 31.1 Å². The highest BCUT2D eigenvalue weighted by molar-refractivity contribution is 5.73. The molecule has 2 rings (SSSR count). The highest BCUT2D eigenvalue weighted by atomic mass is 19.4. The van der Waals surface area contributed by atoms with Gasteiger partial charge in [0.25, 0.3) is 0 Å². The maximum absolute atomic E-state index is 10.8. The van der Waals surface area contributed by atoms with E-state index >= 15 is 0 Å². The molecule has 2 heterocycles. The van der Waals surface area contributed by atoms with Gasteiger partial charge in [-0.05, 0) is 0 Å². The molecule has 0 radical (unpaired) electrons. The number of alkyl halides is 6. The highest BCUT2D eigenvalue weighted by Gasteiger charge is 2.38. The predicted molar refractivity (Wildman–Crippen MR) is 66.6 cm³/mol. The first-order valence-corrected chi connectivity index (χ1v) is 6.45. The molecule has 0 saturated carbocycles. The fourth-order valence-electron chi connectivity index (χ4n) is 1.58. The summed E-state index contributed by atoms with van der Waals surface area (Å²) in [4.78, 5) is 30.8. The SMILES string of the molecule is O=C(O)C(F)(F)F.O=C(O)C(F)(F)F.O=C1CN2CCNCC2CO1. The number of rotatable bonds is 0. The topological polar surface area (TPSA) is 116 Å². The van der Waals surface area contributed by atoms with E-state index in [1.807, 2.05) is 0 Å². The fraction of sp³-hybridized carbons (Fsp3) is 0.727. The first kappa shape index (κ1) is 22.9. The van der Waals surface area contributed by atoms with Crippen LogP contribution in [0, 0.1) is 0 Å². The minimum atomic E-state index is -5.08.